The summed E-state index contributed by atoms with van der Waals surface area (Å²) in [5, 5.41) is 0. The van der Waals surface area contributed by atoms with Crippen LogP contribution in [0.1, 0.15) is 36.0 Å². The summed E-state index contributed by atoms with van der Waals surface area (Å²) >= 11 is 0. The van der Waals surface area contributed by atoms with Crippen molar-refractivity contribution < 1.29 is 4.79 Å². The Balaban J connectivity index is 2.15. The molecule has 0 aromatic heterocycles. The fraction of sp³-hybridized carbons (Fsp3) is 0.429. The molecule has 0 N–H and O–H groups in total. The number of rotatable bonds is 1. The molecule has 3 nitrogen and oxygen atoms in total. The van der Waals surface area contributed by atoms with Gasteiger partial charge in [0.15, 0.2) is 0 Å². The van der Waals surface area contributed by atoms with Crippen molar-refractivity contribution in [2.45, 2.75) is 25.7 Å². The van der Waals surface area contributed by atoms with E-state index in [1.165, 1.54) is 12.8 Å². The molecule has 3 heteroatoms. The van der Waals surface area contributed by atoms with Crippen LogP contribution in [-0.4, -0.2) is 30.2 Å². The average molecular weight is 230 g/mol. The zero-order chi connectivity index (χ0) is 12.1. The van der Waals surface area contributed by atoms with E-state index < -0.39 is 0 Å². The maximum atomic E-state index is 12.0. The Hall–Kier alpha value is -1.64. The largest absolute Gasteiger partial charge is 0.363 e. The summed E-state index contributed by atoms with van der Waals surface area (Å²) in [5.74, 6) is 0.797. The zero-order valence-corrected chi connectivity index (χ0v) is 10.2. The van der Waals surface area contributed by atoms with Gasteiger partial charge in [-0.1, -0.05) is 24.6 Å². The van der Waals surface area contributed by atoms with E-state index in [2.05, 4.69) is 9.89 Å². The van der Waals surface area contributed by atoms with E-state index in [1.54, 1.807) is 0 Å². The molecular weight excluding hydrogens is 212 g/mol. The molecule has 0 spiro atoms. The van der Waals surface area contributed by atoms with Gasteiger partial charge in [0.05, 0.1) is 0 Å². The van der Waals surface area contributed by atoms with Gasteiger partial charge in [-0.2, -0.15) is 4.99 Å². The van der Waals surface area contributed by atoms with E-state index in [0.29, 0.717) is 5.56 Å². The number of carbonyl (C=O) groups is 1. The van der Waals surface area contributed by atoms with Gasteiger partial charge in [0.1, 0.15) is 5.84 Å². The summed E-state index contributed by atoms with van der Waals surface area (Å²) < 4.78 is 0. The van der Waals surface area contributed by atoms with Crippen LogP contribution < -0.4 is 0 Å². The van der Waals surface area contributed by atoms with E-state index in [9.17, 15) is 4.79 Å². The lowest BCUT2D eigenvalue weighted by Gasteiger charge is -2.17. The Labute approximate surface area is 102 Å². The minimum Gasteiger partial charge on any atom is -0.363 e. The Kier molecular flexibility index (Phi) is 3.91. The number of hydrogen-bond acceptors (Lipinski definition) is 1. The van der Waals surface area contributed by atoms with Crippen LogP contribution in [0.2, 0.25) is 0 Å². The zero-order valence-electron chi connectivity index (χ0n) is 10.2. The molecule has 90 valence electrons. The predicted octanol–water partition coefficient (Wildman–Crippen LogP) is 2.73. The molecule has 0 atom stereocenters. The minimum atomic E-state index is -0.130. The lowest BCUT2D eigenvalue weighted by Crippen LogP contribution is -2.26. The molecule has 1 aromatic rings. The Morgan fingerprint density at radius 2 is 1.94 bits per heavy atom. The maximum absolute atomic E-state index is 12.0. The third-order valence-electron chi connectivity index (χ3n) is 3.09. The molecule has 1 aliphatic rings. The van der Waals surface area contributed by atoms with Gasteiger partial charge < -0.3 is 4.90 Å². The highest BCUT2D eigenvalue weighted by Gasteiger charge is 2.13. The van der Waals surface area contributed by atoms with Crippen LogP contribution in [0.4, 0.5) is 0 Å². The number of benzene rings is 1. The highest BCUT2D eigenvalue weighted by atomic mass is 16.1. The first-order chi connectivity index (χ1) is 8.27. The van der Waals surface area contributed by atoms with Crippen molar-refractivity contribution in [3.63, 3.8) is 0 Å². The number of nitrogens with zero attached hydrogens (tertiary/aromatic N) is 2. The lowest BCUT2D eigenvalue weighted by atomic mass is 10.2. The third-order valence-corrected chi connectivity index (χ3v) is 3.09. The Morgan fingerprint density at radius 1 is 1.18 bits per heavy atom. The topological polar surface area (TPSA) is 32.7 Å². The van der Waals surface area contributed by atoms with Crippen molar-refractivity contribution in [2.75, 3.05) is 13.6 Å². The van der Waals surface area contributed by atoms with Gasteiger partial charge in [-0.25, -0.2) is 0 Å². The van der Waals surface area contributed by atoms with Crippen molar-refractivity contribution in [2.24, 2.45) is 4.99 Å². The molecule has 1 amide bonds. The van der Waals surface area contributed by atoms with Crippen LogP contribution in [0.5, 0.6) is 0 Å². The molecule has 1 heterocycles. The molecule has 0 bridgehead atoms. The smallest absolute Gasteiger partial charge is 0.278 e. The van der Waals surface area contributed by atoms with Crippen molar-refractivity contribution >= 4 is 11.7 Å². The summed E-state index contributed by atoms with van der Waals surface area (Å²) in [7, 11) is 2.02. The minimum absolute atomic E-state index is 0.130. The van der Waals surface area contributed by atoms with Crippen LogP contribution in [0.25, 0.3) is 0 Å². The molecule has 0 saturated carbocycles. The van der Waals surface area contributed by atoms with Gasteiger partial charge in [0.2, 0.25) is 0 Å². The van der Waals surface area contributed by atoms with Gasteiger partial charge in [-0.15, -0.1) is 0 Å². The van der Waals surface area contributed by atoms with Crippen molar-refractivity contribution in [3.05, 3.63) is 35.9 Å². The molecule has 1 fully saturated rings. The second-order valence-corrected chi connectivity index (χ2v) is 4.43. The molecule has 0 aliphatic carbocycles. The SMILES string of the molecule is CN1CCCCCC1=NC(=O)c1ccccc1. The van der Waals surface area contributed by atoms with Gasteiger partial charge in [-0.05, 0) is 25.0 Å². The summed E-state index contributed by atoms with van der Waals surface area (Å²) in [6, 6.07) is 9.25. The number of aliphatic imine (C=N–C) groups is 1. The Bertz CT molecular complexity index is 411. The summed E-state index contributed by atoms with van der Waals surface area (Å²) in [6.45, 7) is 1.00. The molecular formula is C14H18N2O. The van der Waals surface area contributed by atoms with Crippen LogP contribution in [0.3, 0.4) is 0 Å². The van der Waals surface area contributed by atoms with Crippen molar-refractivity contribution in [3.8, 4) is 0 Å². The van der Waals surface area contributed by atoms with E-state index in [-0.39, 0.29) is 5.91 Å². The van der Waals surface area contributed by atoms with Crippen LogP contribution in [0.15, 0.2) is 35.3 Å². The molecule has 1 aromatic carbocycles. The molecule has 1 aliphatic heterocycles. The first kappa shape index (κ1) is 11.8. The number of amides is 1. The fourth-order valence-corrected chi connectivity index (χ4v) is 2.03. The molecule has 0 unspecified atom stereocenters. The number of amidine groups is 1. The molecule has 0 radical (unpaired) electrons. The van der Waals surface area contributed by atoms with E-state index in [0.717, 1.165) is 25.2 Å². The quantitative estimate of drug-likeness (QED) is 0.743. The summed E-state index contributed by atoms with van der Waals surface area (Å²) in [5.41, 5.74) is 0.664. The normalized spacial score (nSPS) is 19.1. The number of likely N-dealkylation sites (tertiary alicyclic amines) is 1. The predicted molar refractivity (Wildman–Crippen MR) is 69.3 cm³/mol. The second-order valence-electron chi connectivity index (χ2n) is 4.43. The summed E-state index contributed by atoms with van der Waals surface area (Å²) in [6.07, 6.45) is 4.46. The lowest BCUT2D eigenvalue weighted by molar-refractivity contribution is 0.100. The monoisotopic (exact) mass is 230 g/mol. The highest BCUT2D eigenvalue weighted by molar-refractivity contribution is 6.03. The average Bonchev–Trinajstić information content (AvgIpc) is 2.56. The van der Waals surface area contributed by atoms with E-state index >= 15 is 0 Å². The van der Waals surface area contributed by atoms with E-state index in [1.807, 2.05) is 37.4 Å². The van der Waals surface area contributed by atoms with E-state index in [4.69, 9.17) is 0 Å². The number of carbonyl (C=O) groups excluding carboxylic acids is 1. The van der Waals surface area contributed by atoms with Crippen molar-refractivity contribution in [1.82, 2.24) is 4.90 Å². The van der Waals surface area contributed by atoms with Gasteiger partial charge in [-0.3, -0.25) is 4.79 Å². The van der Waals surface area contributed by atoms with Crippen molar-refractivity contribution in [1.29, 1.82) is 0 Å². The first-order valence-electron chi connectivity index (χ1n) is 6.15. The second kappa shape index (κ2) is 5.62. The number of hydrogen-bond donors (Lipinski definition) is 0. The standard InChI is InChI=1S/C14H18N2O/c1-16-11-7-3-6-10-13(16)15-14(17)12-8-4-2-5-9-12/h2,4-5,8-9H,3,6-7,10-11H2,1H3. The van der Waals surface area contributed by atoms with Crippen LogP contribution in [0, 0.1) is 0 Å². The first-order valence-corrected chi connectivity index (χ1v) is 6.15. The molecule has 2 rings (SSSR count). The summed E-state index contributed by atoms with van der Waals surface area (Å²) in [4.78, 5) is 18.3. The Morgan fingerprint density at radius 3 is 2.71 bits per heavy atom. The molecule has 1 saturated heterocycles. The van der Waals surface area contributed by atoms with Gasteiger partial charge >= 0.3 is 0 Å². The molecule has 17 heavy (non-hydrogen) atoms. The maximum Gasteiger partial charge on any atom is 0.278 e. The fourth-order valence-electron chi connectivity index (χ4n) is 2.03. The van der Waals surface area contributed by atoms with Crippen LogP contribution in [-0.2, 0) is 0 Å². The van der Waals surface area contributed by atoms with Crippen LogP contribution >= 0.6 is 0 Å². The third kappa shape index (κ3) is 3.16. The highest BCUT2D eigenvalue weighted by Crippen LogP contribution is 2.12. The van der Waals surface area contributed by atoms with Gasteiger partial charge in [0.25, 0.3) is 5.91 Å². The van der Waals surface area contributed by atoms with Gasteiger partial charge in [0, 0.05) is 25.6 Å².